The van der Waals surface area contributed by atoms with E-state index in [9.17, 15) is 9.59 Å². The van der Waals surface area contributed by atoms with Crippen LogP contribution >= 0.6 is 23.4 Å². The minimum atomic E-state index is -0.151. The number of hydrogen-bond donors (Lipinski definition) is 2. The number of rotatable bonds is 9. The minimum absolute atomic E-state index is 0.144. The van der Waals surface area contributed by atoms with Crippen LogP contribution in [-0.2, 0) is 16.2 Å². The third-order valence-electron chi connectivity index (χ3n) is 4.66. The van der Waals surface area contributed by atoms with Crippen molar-refractivity contribution in [3.8, 4) is 5.75 Å². The van der Waals surface area contributed by atoms with Gasteiger partial charge in [0, 0.05) is 24.3 Å². The molecule has 10 heteroatoms. The highest BCUT2D eigenvalue weighted by atomic mass is 35.5. The lowest BCUT2D eigenvalue weighted by Crippen LogP contribution is -2.15. The van der Waals surface area contributed by atoms with Crippen molar-refractivity contribution in [1.29, 1.82) is 0 Å². The second-order valence-electron chi connectivity index (χ2n) is 7.31. The fourth-order valence-corrected chi connectivity index (χ4v) is 4.09. The summed E-state index contributed by atoms with van der Waals surface area (Å²) in [6, 6.07) is 14.6. The van der Waals surface area contributed by atoms with E-state index < -0.39 is 0 Å². The Hall–Kier alpha value is -3.04. The minimum Gasteiger partial charge on any atom is -0.484 e. The molecule has 3 aromatic rings. The van der Waals surface area contributed by atoms with Gasteiger partial charge in [0.25, 0.3) is 0 Å². The van der Waals surface area contributed by atoms with Gasteiger partial charge in [0.15, 0.2) is 11.0 Å². The average molecular weight is 472 g/mol. The Balaban J connectivity index is 1.34. The van der Waals surface area contributed by atoms with Gasteiger partial charge in [-0.3, -0.25) is 14.2 Å². The van der Waals surface area contributed by atoms with E-state index in [1.165, 1.54) is 18.7 Å². The zero-order chi connectivity index (χ0) is 22.5. The molecule has 1 aliphatic rings. The highest BCUT2D eigenvalue weighted by Gasteiger charge is 2.30. The number of halogens is 1. The average Bonchev–Trinajstić information content (AvgIpc) is 3.52. The maximum absolute atomic E-state index is 12.4. The van der Waals surface area contributed by atoms with Gasteiger partial charge in [0.1, 0.15) is 12.4 Å². The van der Waals surface area contributed by atoms with Crippen molar-refractivity contribution in [2.45, 2.75) is 37.6 Å². The van der Waals surface area contributed by atoms with Crippen LogP contribution in [0.3, 0.4) is 0 Å². The zero-order valence-electron chi connectivity index (χ0n) is 17.4. The van der Waals surface area contributed by atoms with E-state index >= 15 is 0 Å². The lowest BCUT2D eigenvalue weighted by Gasteiger charge is -2.11. The molecule has 32 heavy (non-hydrogen) atoms. The number of amides is 2. The topological polar surface area (TPSA) is 98.1 Å². The molecule has 0 bridgehead atoms. The molecule has 1 aliphatic carbocycles. The summed E-state index contributed by atoms with van der Waals surface area (Å²) >= 11 is 7.50. The van der Waals surface area contributed by atoms with Crippen LogP contribution in [0.1, 0.15) is 31.6 Å². The first kappa shape index (κ1) is 22.2. The summed E-state index contributed by atoms with van der Waals surface area (Å²) in [5.41, 5.74) is 1.33. The normalized spacial score (nSPS) is 12.9. The molecule has 0 spiro atoms. The van der Waals surface area contributed by atoms with E-state index in [0.717, 1.165) is 12.8 Å². The Bertz CT molecular complexity index is 1120. The van der Waals surface area contributed by atoms with Crippen molar-refractivity contribution in [2.24, 2.45) is 0 Å². The van der Waals surface area contributed by atoms with Crippen LogP contribution in [0.4, 0.5) is 11.4 Å². The Morgan fingerprint density at radius 2 is 1.78 bits per heavy atom. The summed E-state index contributed by atoms with van der Waals surface area (Å²) in [5.74, 6) is 1.21. The molecule has 2 aromatic carbocycles. The standard InChI is InChI=1S/C22H22ClN5O3S/c1-14(29)24-15-6-8-16(9-7-15)25-21(30)13-32-22-27-26-20(28(22)17-10-11-17)12-31-19-5-3-2-4-18(19)23/h2-9,17H,10-13H2,1H3,(H,24,29)(H,25,30). The molecule has 0 saturated heterocycles. The molecule has 1 aromatic heterocycles. The summed E-state index contributed by atoms with van der Waals surface area (Å²) in [5, 5.41) is 15.3. The number of nitrogens with zero attached hydrogens (tertiary/aromatic N) is 3. The van der Waals surface area contributed by atoms with Crippen LogP contribution < -0.4 is 15.4 Å². The smallest absolute Gasteiger partial charge is 0.234 e. The van der Waals surface area contributed by atoms with Crippen molar-refractivity contribution in [3.05, 3.63) is 59.4 Å². The molecule has 0 aliphatic heterocycles. The lowest BCUT2D eigenvalue weighted by atomic mass is 10.3. The lowest BCUT2D eigenvalue weighted by molar-refractivity contribution is -0.114. The third kappa shape index (κ3) is 5.80. The van der Waals surface area contributed by atoms with E-state index in [2.05, 4.69) is 25.4 Å². The number of carbonyl (C=O) groups excluding carboxylic acids is 2. The molecule has 4 rings (SSSR count). The predicted molar refractivity (Wildman–Crippen MR) is 124 cm³/mol. The number of benzene rings is 2. The molecule has 1 fully saturated rings. The number of carbonyl (C=O) groups is 2. The molecule has 8 nitrogen and oxygen atoms in total. The molecule has 2 amide bonds. The van der Waals surface area contributed by atoms with Crippen LogP contribution in [0.25, 0.3) is 0 Å². The van der Waals surface area contributed by atoms with E-state index in [4.69, 9.17) is 16.3 Å². The van der Waals surface area contributed by atoms with Crippen molar-refractivity contribution in [2.75, 3.05) is 16.4 Å². The van der Waals surface area contributed by atoms with Gasteiger partial charge in [-0.25, -0.2) is 0 Å². The number of para-hydroxylation sites is 1. The third-order valence-corrected chi connectivity index (χ3v) is 5.92. The summed E-state index contributed by atoms with van der Waals surface area (Å²) in [4.78, 5) is 23.5. The molecule has 0 unspecified atom stereocenters. The number of hydrogen-bond acceptors (Lipinski definition) is 6. The Morgan fingerprint density at radius 3 is 2.44 bits per heavy atom. The van der Waals surface area contributed by atoms with Crippen LogP contribution in [0.15, 0.2) is 53.7 Å². The largest absolute Gasteiger partial charge is 0.484 e. The molecule has 166 valence electrons. The maximum atomic E-state index is 12.4. The highest BCUT2D eigenvalue weighted by Crippen LogP contribution is 2.39. The van der Waals surface area contributed by atoms with E-state index in [0.29, 0.717) is 39.2 Å². The molecular formula is C22H22ClN5O3S. The predicted octanol–water partition coefficient (Wildman–Crippen LogP) is 4.53. The van der Waals surface area contributed by atoms with Gasteiger partial charge in [-0.1, -0.05) is 35.5 Å². The SMILES string of the molecule is CC(=O)Nc1ccc(NC(=O)CSc2nnc(COc3ccccc3Cl)n2C2CC2)cc1. The highest BCUT2D eigenvalue weighted by molar-refractivity contribution is 7.99. The van der Waals surface area contributed by atoms with E-state index in [-0.39, 0.29) is 24.2 Å². The molecule has 2 N–H and O–H groups in total. The molecule has 0 radical (unpaired) electrons. The van der Waals surface area contributed by atoms with Crippen LogP contribution in [0.5, 0.6) is 5.75 Å². The van der Waals surface area contributed by atoms with Crippen LogP contribution in [0, 0.1) is 0 Å². The number of thioether (sulfide) groups is 1. The number of nitrogens with one attached hydrogen (secondary N) is 2. The molecular weight excluding hydrogens is 450 g/mol. The van der Waals surface area contributed by atoms with Gasteiger partial charge in [-0.15, -0.1) is 10.2 Å². The van der Waals surface area contributed by atoms with Gasteiger partial charge < -0.3 is 15.4 Å². The second kappa shape index (κ2) is 10.1. The summed E-state index contributed by atoms with van der Waals surface area (Å²) < 4.78 is 7.88. The fraction of sp³-hybridized carbons (Fsp3) is 0.273. The van der Waals surface area contributed by atoms with Gasteiger partial charge in [-0.05, 0) is 49.2 Å². The molecule has 0 atom stereocenters. The van der Waals surface area contributed by atoms with E-state index in [1.807, 2.05) is 18.2 Å². The maximum Gasteiger partial charge on any atom is 0.234 e. The number of aromatic nitrogens is 3. The summed E-state index contributed by atoms with van der Waals surface area (Å²) in [7, 11) is 0. The Morgan fingerprint density at radius 1 is 1.09 bits per heavy atom. The van der Waals surface area contributed by atoms with Crippen LogP contribution in [0.2, 0.25) is 5.02 Å². The molecule has 1 saturated carbocycles. The first-order valence-corrected chi connectivity index (χ1v) is 11.5. The van der Waals surface area contributed by atoms with Crippen LogP contribution in [-0.4, -0.2) is 32.3 Å². The van der Waals surface area contributed by atoms with Gasteiger partial charge in [0.2, 0.25) is 11.8 Å². The van der Waals surface area contributed by atoms with Gasteiger partial charge in [0.05, 0.1) is 10.8 Å². The number of anilines is 2. The monoisotopic (exact) mass is 471 g/mol. The zero-order valence-corrected chi connectivity index (χ0v) is 18.9. The second-order valence-corrected chi connectivity index (χ2v) is 8.66. The first-order chi connectivity index (χ1) is 15.5. The van der Waals surface area contributed by atoms with Gasteiger partial charge >= 0.3 is 0 Å². The van der Waals surface area contributed by atoms with E-state index in [1.54, 1.807) is 30.3 Å². The van der Waals surface area contributed by atoms with Crippen molar-refractivity contribution >= 4 is 46.6 Å². The van der Waals surface area contributed by atoms with Crippen molar-refractivity contribution in [1.82, 2.24) is 14.8 Å². The van der Waals surface area contributed by atoms with Crippen molar-refractivity contribution < 1.29 is 14.3 Å². The first-order valence-electron chi connectivity index (χ1n) is 10.1. The Labute approximate surface area is 194 Å². The summed E-state index contributed by atoms with van der Waals surface area (Å²) in [6.45, 7) is 1.70. The van der Waals surface area contributed by atoms with Gasteiger partial charge in [-0.2, -0.15) is 0 Å². The number of ether oxygens (including phenoxy) is 1. The fourth-order valence-electron chi connectivity index (χ4n) is 3.08. The Kier molecular flexibility index (Phi) is 6.96. The summed E-state index contributed by atoms with van der Waals surface area (Å²) in [6.07, 6.45) is 2.11. The van der Waals surface area contributed by atoms with Crippen molar-refractivity contribution in [3.63, 3.8) is 0 Å². The quantitative estimate of drug-likeness (QED) is 0.445. The molecule has 1 heterocycles.